The van der Waals surface area contributed by atoms with Gasteiger partial charge in [-0.1, -0.05) is 32.0 Å². The largest absolute Gasteiger partial charge is 0.506 e. The third-order valence-corrected chi connectivity index (χ3v) is 7.01. The Morgan fingerprint density at radius 2 is 1.73 bits per heavy atom. The second-order valence-electron chi connectivity index (χ2n) is 7.11. The van der Waals surface area contributed by atoms with Crippen LogP contribution in [0.15, 0.2) is 53.4 Å². The number of sulfonamides is 1. The SMILES string of the molecule is CCN(CC)S(=O)(=O)c1ccc(O)c(NC(=O)CCC(=O)N(CCC#N)c2ccccc2)c1. The van der Waals surface area contributed by atoms with Crippen LogP contribution in [-0.4, -0.2) is 49.3 Å². The van der Waals surface area contributed by atoms with Crippen LogP contribution < -0.4 is 10.2 Å². The topological polar surface area (TPSA) is 131 Å². The molecule has 0 aliphatic rings. The molecule has 2 N–H and O–H groups in total. The number of phenols is 1. The molecule has 0 spiro atoms. The van der Waals surface area contributed by atoms with Crippen LogP contribution in [0.1, 0.15) is 33.1 Å². The first-order valence-electron chi connectivity index (χ1n) is 10.6. The summed E-state index contributed by atoms with van der Waals surface area (Å²) in [4.78, 5) is 26.5. The van der Waals surface area contributed by atoms with Gasteiger partial charge in [-0.3, -0.25) is 9.59 Å². The molecule has 2 aromatic rings. The molecule has 0 radical (unpaired) electrons. The second kappa shape index (κ2) is 12.0. The predicted octanol–water partition coefficient (Wildman–Crippen LogP) is 3.09. The average molecular weight is 473 g/mol. The minimum absolute atomic E-state index is 0.0509. The van der Waals surface area contributed by atoms with Gasteiger partial charge in [-0.2, -0.15) is 9.57 Å². The number of nitriles is 1. The van der Waals surface area contributed by atoms with Gasteiger partial charge in [-0.05, 0) is 30.3 Å². The quantitative estimate of drug-likeness (QED) is 0.483. The van der Waals surface area contributed by atoms with Crippen molar-refractivity contribution < 1.29 is 23.1 Å². The molecular formula is C23H28N4O5S. The lowest BCUT2D eigenvalue weighted by molar-refractivity contribution is -0.122. The Kier molecular flexibility index (Phi) is 9.39. The van der Waals surface area contributed by atoms with E-state index in [9.17, 15) is 23.1 Å². The summed E-state index contributed by atoms with van der Waals surface area (Å²) in [5.74, 6) is -1.16. The van der Waals surface area contributed by atoms with E-state index < -0.39 is 15.9 Å². The van der Waals surface area contributed by atoms with E-state index in [0.29, 0.717) is 5.69 Å². The number of carbonyl (C=O) groups is 2. The van der Waals surface area contributed by atoms with Crippen molar-refractivity contribution in [3.05, 3.63) is 48.5 Å². The maximum Gasteiger partial charge on any atom is 0.243 e. The van der Waals surface area contributed by atoms with E-state index in [4.69, 9.17) is 5.26 Å². The van der Waals surface area contributed by atoms with Gasteiger partial charge >= 0.3 is 0 Å². The highest BCUT2D eigenvalue weighted by molar-refractivity contribution is 7.89. The van der Waals surface area contributed by atoms with Gasteiger partial charge in [0, 0.05) is 38.2 Å². The molecule has 0 aromatic heterocycles. The number of hydrogen-bond donors (Lipinski definition) is 2. The number of nitrogens with one attached hydrogen (secondary N) is 1. The lowest BCUT2D eigenvalue weighted by atomic mass is 10.2. The maximum atomic E-state index is 12.7. The third-order valence-electron chi connectivity index (χ3n) is 4.97. The summed E-state index contributed by atoms with van der Waals surface area (Å²) in [6.45, 7) is 4.21. The molecule has 0 heterocycles. The van der Waals surface area contributed by atoms with E-state index in [1.807, 2.05) is 12.1 Å². The van der Waals surface area contributed by atoms with E-state index in [2.05, 4.69) is 5.32 Å². The van der Waals surface area contributed by atoms with Crippen molar-refractivity contribution in [1.82, 2.24) is 4.31 Å². The summed E-state index contributed by atoms with van der Waals surface area (Å²) >= 11 is 0. The third kappa shape index (κ3) is 6.78. The van der Waals surface area contributed by atoms with Crippen molar-refractivity contribution in [2.75, 3.05) is 29.9 Å². The maximum absolute atomic E-state index is 12.7. The van der Waals surface area contributed by atoms with Crippen LogP contribution in [0.4, 0.5) is 11.4 Å². The van der Waals surface area contributed by atoms with E-state index in [-0.39, 0.29) is 61.1 Å². The zero-order valence-corrected chi connectivity index (χ0v) is 19.5. The molecule has 0 atom stereocenters. The molecule has 0 fully saturated rings. The molecule has 0 unspecified atom stereocenters. The number of para-hydroxylation sites is 1. The zero-order chi connectivity index (χ0) is 24.4. The standard InChI is InChI=1S/C23H28N4O5S/c1-3-26(4-2)33(31,32)19-11-12-21(28)20(17-19)25-22(29)13-14-23(30)27(16-8-15-24)18-9-6-5-7-10-18/h5-7,9-12,17,28H,3-4,8,13-14,16H2,1-2H3,(H,25,29). The Bertz CT molecular complexity index is 1110. The Morgan fingerprint density at radius 1 is 1.06 bits per heavy atom. The molecule has 0 aliphatic carbocycles. The molecule has 2 rings (SSSR count). The zero-order valence-electron chi connectivity index (χ0n) is 18.7. The number of benzene rings is 2. The number of nitrogens with zero attached hydrogens (tertiary/aromatic N) is 3. The highest BCUT2D eigenvalue weighted by Crippen LogP contribution is 2.28. The lowest BCUT2D eigenvalue weighted by Gasteiger charge is -2.22. The van der Waals surface area contributed by atoms with Gasteiger partial charge in [0.05, 0.1) is 23.1 Å². The summed E-state index contributed by atoms with van der Waals surface area (Å²) in [6.07, 6.45) is -0.153. The summed E-state index contributed by atoms with van der Waals surface area (Å²) in [6, 6.07) is 14.5. The summed E-state index contributed by atoms with van der Waals surface area (Å²) in [5.41, 5.74) is 0.579. The van der Waals surface area contributed by atoms with Crippen LogP contribution in [0, 0.1) is 11.3 Å². The molecule has 9 nitrogen and oxygen atoms in total. The normalized spacial score (nSPS) is 11.1. The van der Waals surface area contributed by atoms with Gasteiger partial charge in [0.15, 0.2) is 0 Å². The first-order valence-corrected chi connectivity index (χ1v) is 12.0. The van der Waals surface area contributed by atoms with Crippen LogP contribution in [0.3, 0.4) is 0 Å². The second-order valence-corrected chi connectivity index (χ2v) is 9.04. The van der Waals surface area contributed by atoms with Gasteiger partial charge < -0.3 is 15.3 Å². The number of amides is 2. The van der Waals surface area contributed by atoms with Gasteiger partial charge in [-0.15, -0.1) is 0 Å². The molecule has 0 aliphatic heterocycles. The van der Waals surface area contributed by atoms with E-state index in [1.165, 1.54) is 27.4 Å². The molecular weight excluding hydrogens is 444 g/mol. The fraction of sp³-hybridized carbons (Fsp3) is 0.348. The minimum atomic E-state index is -3.77. The highest BCUT2D eigenvalue weighted by atomic mass is 32.2. The molecule has 33 heavy (non-hydrogen) atoms. The Morgan fingerprint density at radius 3 is 2.33 bits per heavy atom. The highest BCUT2D eigenvalue weighted by Gasteiger charge is 2.23. The van der Waals surface area contributed by atoms with Crippen LogP contribution >= 0.6 is 0 Å². The fourth-order valence-corrected chi connectivity index (χ4v) is 4.71. The van der Waals surface area contributed by atoms with Crippen LogP contribution in [0.2, 0.25) is 0 Å². The predicted molar refractivity (Wildman–Crippen MR) is 125 cm³/mol. The summed E-state index contributed by atoms with van der Waals surface area (Å²) < 4.78 is 26.7. The molecule has 2 aromatic carbocycles. The number of carbonyl (C=O) groups excluding carboxylic acids is 2. The molecule has 0 saturated heterocycles. The number of phenolic OH excluding ortho intramolecular Hbond substituents is 1. The first-order chi connectivity index (χ1) is 15.7. The van der Waals surface area contributed by atoms with Crippen molar-refractivity contribution in [2.24, 2.45) is 0 Å². The van der Waals surface area contributed by atoms with E-state index in [0.717, 1.165) is 0 Å². The molecule has 0 bridgehead atoms. The number of aromatic hydroxyl groups is 1. The van der Waals surface area contributed by atoms with Crippen molar-refractivity contribution in [2.45, 2.75) is 38.0 Å². The lowest BCUT2D eigenvalue weighted by Crippen LogP contribution is -2.32. The first kappa shape index (κ1) is 25.8. The fourth-order valence-electron chi connectivity index (χ4n) is 3.22. The van der Waals surface area contributed by atoms with Gasteiger partial charge in [0.2, 0.25) is 21.8 Å². The monoisotopic (exact) mass is 472 g/mol. The number of anilines is 2. The summed E-state index contributed by atoms with van der Waals surface area (Å²) in [7, 11) is -3.77. The Labute approximate surface area is 194 Å². The Balaban J connectivity index is 2.10. The van der Waals surface area contributed by atoms with Crippen molar-refractivity contribution in [3.63, 3.8) is 0 Å². The average Bonchev–Trinajstić information content (AvgIpc) is 2.80. The van der Waals surface area contributed by atoms with E-state index in [1.54, 1.807) is 38.1 Å². The molecule has 10 heteroatoms. The van der Waals surface area contributed by atoms with Crippen LogP contribution in [0.5, 0.6) is 5.75 Å². The van der Waals surface area contributed by atoms with Gasteiger partial charge in [0.1, 0.15) is 5.75 Å². The number of rotatable bonds is 11. The van der Waals surface area contributed by atoms with E-state index >= 15 is 0 Å². The van der Waals surface area contributed by atoms with Gasteiger partial charge in [0.25, 0.3) is 0 Å². The van der Waals surface area contributed by atoms with Crippen molar-refractivity contribution in [3.8, 4) is 11.8 Å². The Hall–Kier alpha value is -3.42. The minimum Gasteiger partial charge on any atom is -0.506 e. The smallest absolute Gasteiger partial charge is 0.243 e. The summed E-state index contributed by atoms with van der Waals surface area (Å²) in [5, 5.41) is 21.4. The molecule has 176 valence electrons. The van der Waals surface area contributed by atoms with Gasteiger partial charge in [-0.25, -0.2) is 8.42 Å². The van der Waals surface area contributed by atoms with Crippen molar-refractivity contribution in [1.29, 1.82) is 5.26 Å². The molecule has 2 amide bonds. The number of hydrogen-bond acceptors (Lipinski definition) is 6. The van der Waals surface area contributed by atoms with Crippen molar-refractivity contribution >= 4 is 33.2 Å². The van der Waals surface area contributed by atoms with Crippen LogP contribution in [0.25, 0.3) is 0 Å². The molecule has 0 saturated carbocycles. The van der Waals surface area contributed by atoms with Crippen LogP contribution in [-0.2, 0) is 19.6 Å².